The molecule has 4 nitrogen and oxygen atoms in total. The van der Waals surface area contributed by atoms with Gasteiger partial charge in [-0.2, -0.15) is 0 Å². The van der Waals surface area contributed by atoms with Crippen molar-refractivity contribution < 1.29 is 14.7 Å². The van der Waals surface area contributed by atoms with Gasteiger partial charge in [-0.05, 0) is 31.8 Å². The fourth-order valence-corrected chi connectivity index (χ4v) is 2.78. The summed E-state index contributed by atoms with van der Waals surface area (Å²) in [5, 5.41) is 11.3. The van der Waals surface area contributed by atoms with E-state index in [0.29, 0.717) is 6.54 Å². The molecule has 0 fully saturated rings. The Morgan fingerprint density at radius 1 is 1.53 bits per heavy atom. The van der Waals surface area contributed by atoms with Crippen molar-refractivity contribution in [2.45, 2.75) is 32.4 Å². The first-order valence-corrected chi connectivity index (χ1v) is 6.31. The highest BCUT2D eigenvalue weighted by molar-refractivity contribution is 7.09. The van der Waals surface area contributed by atoms with Crippen LogP contribution < -0.4 is 0 Å². The second kappa shape index (κ2) is 5.42. The molecule has 0 aliphatic heterocycles. The van der Waals surface area contributed by atoms with Gasteiger partial charge >= 0.3 is 5.97 Å². The molecule has 0 aromatic carbocycles. The molecule has 1 atom stereocenters. The topological polar surface area (TPSA) is 57.6 Å². The highest BCUT2D eigenvalue weighted by Gasteiger charge is 2.45. The van der Waals surface area contributed by atoms with E-state index in [9.17, 15) is 14.7 Å². The van der Waals surface area contributed by atoms with E-state index < -0.39 is 11.5 Å². The molecular formula is C12H17NO3S. The Morgan fingerprint density at radius 2 is 2.18 bits per heavy atom. The molecule has 1 aromatic heterocycles. The predicted molar refractivity (Wildman–Crippen MR) is 67.1 cm³/mol. The van der Waals surface area contributed by atoms with E-state index in [4.69, 9.17) is 0 Å². The molecule has 1 N–H and O–H groups in total. The van der Waals surface area contributed by atoms with Crippen LogP contribution in [0.5, 0.6) is 0 Å². The maximum absolute atomic E-state index is 11.7. The first-order valence-electron chi connectivity index (χ1n) is 5.43. The van der Waals surface area contributed by atoms with Gasteiger partial charge in [0.2, 0.25) is 0 Å². The van der Waals surface area contributed by atoms with Gasteiger partial charge in [-0.25, -0.2) is 4.79 Å². The largest absolute Gasteiger partial charge is 0.480 e. The molecule has 0 saturated heterocycles. The maximum Gasteiger partial charge on any atom is 0.331 e. The lowest BCUT2D eigenvalue weighted by Crippen LogP contribution is -2.57. The fourth-order valence-electron chi connectivity index (χ4n) is 2.02. The molecule has 94 valence electrons. The van der Waals surface area contributed by atoms with E-state index in [-0.39, 0.29) is 12.2 Å². The summed E-state index contributed by atoms with van der Waals surface area (Å²) in [5.74, 6) is -1.40. The van der Waals surface area contributed by atoms with Crippen molar-refractivity contribution in [3.05, 3.63) is 22.4 Å². The number of carboxylic acids is 1. The van der Waals surface area contributed by atoms with E-state index in [0.717, 1.165) is 4.88 Å². The molecule has 0 bridgehead atoms. The number of hydrogen-bond donors (Lipinski definition) is 1. The molecule has 1 aromatic rings. The van der Waals surface area contributed by atoms with Crippen LogP contribution in [0.4, 0.5) is 0 Å². The first kappa shape index (κ1) is 13.9. The molecule has 0 aliphatic carbocycles. The molecule has 0 spiro atoms. The van der Waals surface area contributed by atoms with E-state index in [1.807, 2.05) is 17.5 Å². The average Bonchev–Trinajstić information content (AvgIpc) is 2.70. The molecule has 0 amide bonds. The zero-order valence-electron chi connectivity index (χ0n) is 10.3. The summed E-state index contributed by atoms with van der Waals surface area (Å²) < 4.78 is 0. The number of carbonyl (C=O) groups is 2. The zero-order chi connectivity index (χ0) is 13.1. The van der Waals surface area contributed by atoms with Gasteiger partial charge in [-0.1, -0.05) is 13.0 Å². The standard InChI is InChI=1S/C12H17NO3S/c1-4-12(9(2)14,11(15)16)13(3)8-10-6-5-7-17-10/h5-7H,4,8H2,1-3H3,(H,15,16). The van der Waals surface area contributed by atoms with Crippen LogP contribution in [0.25, 0.3) is 0 Å². The Bertz CT molecular complexity index is 386. The van der Waals surface area contributed by atoms with E-state index in [2.05, 4.69) is 0 Å². The molecule has 1 heterocycles. The van der Waals surface area contributed by atoms with E-state index in [1.54, 1.807) is 30.2 Å². The van der Waals surface area contributed by atoms with Crippen molar-refractivity contribution in [1.82, 2.24) is 4.90 Å². The monoisotopic (exact) mass is 255 g/mol. The van der Waals surface area contributed by atoms with Gasteiger partial charge in [-0.3, -0.25) is 9.69 Å². The van der Waals surface area contributed by atoms with Gasteiger partial charge in [0.05, 0.1) is 0 Å². The smallest absolute Gasteiger partial charge is 0.331 e. The molecule has 1 unspecified atom stereocenters. The van der Waals surface area contributed by atoms with Gasteiger partial charge in [-0.15, -0.1) is 11.3 Å². The second-order valence-electron chi connectivity index (χ2n) is 4.01. The third-order valence-electron chi connectivity index (χ3n) is 3.07. The lowest BCUT2D eigenvalue weighted by molar-refractivity contribution is -0.157. The minimum absolute atomic E-state index is 0.263. The minimum Gasteiger partial charge on any atom is -0.480 e. The lowest BCUT2D eigenvalue weighted by atomic mass is 9.90. The Balaban J connectivity index is 2.98. The molecule has 1 rings (SSSR count). The molecule has 0 aliphatic rings. The Morgan fingerprint density at radius 3 is 2.53 bits per heavy atom. The maximum atomic E-state index is 11.7. The highest BCUT2D eigenvalue weighted by Crippen LogP contribution is 2.24. The number of likely N-dealkylation sites (N-methyl/N-ethyl adjacent to an activating group) is 1. The number of carbonyl (C=O) groups excluding carboxylic acids is 1. The number of rotatable bonds is 6. The molecule has 17 heavy (non-hydrogen) atoms. The SMILES string of the molecule is CCC(C(C)=O)(C(=O)O)N(C)Cc1cccs1. The Kier molecular flexibility index (Phi) is 4.42. The number of carboxylic acid groups (broad SMARTS) is 1. The van der Waals surface area contributed by atoms with Gasteiger partial charge in [0.1, 0.15) is 0 Å². The summed E-state index contributed by atoms with van der Waals surface area (Å²) in [7, 11) is 1.68. The normalized spacial score (nSPS) is 14.6. The van der Waals surface area contributed by atoms with Crippen LogP contribution in [0.3, 0.4) is 0 Å². The first-order chi connectivity index (χ1) is 7.95. The molecular weight excluding hydrogens is 238 g/mol. The Labute approximate surface area is 105 Å². The van der Waals surface area contributed by atoms with Crippen molar-refractivity contribution in [2.24, 2.45) is 0 Å². The molecule has 5 heteroatoms. The summed E-state index contributed by atoms with van der Waals surface area (Å²) in [6, 6.07) is 3.85. The second-order valence-corrected chi connectivity index (χ2v) is 5.04. The minimum atomic E-state index is -1.41. The van der Waals surface area contributed by atoms with Crippen molar-refractivity contribution in [3.8, 4) is 0 Å². The van der Waals surface area contributed by atoms with Gasteiger partial charge < -0.3 is 5.11 Å². The third kappa shape index (κ3) is 2.56. The number of thiophene rings is 1. The van der Waals surface area contributed by atoms with Crippen molar-refractivity contribution in [2.75, 3.05) is 7.05 Å². The number of ketones is 1. The highest BCUT2D eigenvalue weighted by atomic mass is 32.1. The van der Waals surface area contributed by atoms with E-state index in [1.165, 1.54) is 6.92 Å². The van der Waals surface area contributed by atoms with Crippen LogP contribution in [0, 0.1) is 0 Å². The van der Waals surface area contributed by atoms with Crippen molar-refractivity contribution in [3.63, 3.8) is 0 Å². The zero-order valence-corrected chi connectivity index (χ0v) is 11.1. The molecule has 0 saturated carbocycles. The van der Waals surface area contributed by atoms with Crippen LogP contribution in [-0.4, -0.2) is 34.3 Å². The van der Waals surface area contributed by atoms with Crippen LogP contribution in [0.15, 0.2) is 17.5 Å². The van der Waals surface area contributed by atoms with Gasteiger partial charge in [0.15, 0.2) is 11.3 Å². The fraction of sp³-hybridized carbons (Fsp3) is 0.500. The summed E-state index contributed by atoms with van der Waals surface area (Å²) in [6.07, 6.45) is 0.263. The number of nitrogens with zero attached hydrogens (tertiary/aromatic N) is 1. The van der Waals surface area contributed by atoms with Crippen LogP contribution >= 0.6 is 11.3 Å². The summed E-state index contributed by atoms with van der Waals surface area (Å²) >= 11 is 1.56. The quantitative estimate of drug-likeness (QED) is 0.790. The Hall–Kier alpha value is -1.20. The molecule has 0 radical (unpaired) electrons. The van der Waals surface area contributed by atoms with Crippen LogP contribution in [0.1, 0.15) is 25.1 Å². The van der Waals surface area contributed by atoms with Gasteiger partial charge in [0.25, 0.3) is 0 Å². The number of Topliss-reactive ketones (excluding diaryl/α,β-unsaturated/α-hetero) is 1. The van der Waals surface area contributed by atoms with E-state index >= 15 is 0 Å². The van der Waals surface area contributed by atoms with Crippen molar-refractivity contribution in [1.29, 1.82) is 0 Å². The third-order valence-corrected chi connectivity index (χ3v) is 3.93. The number of hydrogen-bond acceptors (Lipinski definition) is 4. The van der Waals surface area contributed by atoms with Crippen LogP contribution in [-0.2, 0) is 16.1 Å². The van der Waals surface area contributed by atoms with Crippen LogP contribution in [0.2, 0.25) is 0 Å². The predicted octanol–water partition coefficient (Wildman–Crippen LogP) is 2.00. The summed E-state index contributed by atoms with van der Waals surface area (Å²) in [4.78, 5) is 25.8. The summed E-state index contributed by atoms with van der Waals surface area (Å²) in [6.45, 7) is 3.53. The average molecular weight is 255 g/mol. The van der Waals surface area contributed by atoms with Crippen molar-refractivity contribution >= 4 is 23.1 Å². The summed E-state index contributed by atoms with van der Waals surface area (Å²) in [5.41, 5.74) is -1.41. The lowest BCUT2D eigenvalue weighted by Gasteiger charge is -2.34. The van der Waals surface area contributed by atoms with Gasteiger partial charge in [0, 0.05) is 11.4 Å². The number of aliphatic carboxylic acids is 1.